The molecular formula is C9H20N2O4S. The lowest BCUT2D eigenvalue weighted by atomic mass is 10.3. The Labute approximate surface area is 101 Å². The number of nitrogens with one attached hydrogen (secondary N) is 1. The summed E-state index contributed by atoms with van der Waals surface area (Å²) in [5.41, 5.74) is 0. The van der Waals surface area contributed by atoms with Gasteiger partial charge in [-0.15, -0.1) is 0 Å². The highest BCUT2D eigenvalue weighted by atomic mass is 32.1. The van der Waals surface area contributed by atoms with Gasteiger partial charge in [-0.1, -0.05) is 6.92 Å². The number of rotatable bonds is 6. The quantitative estimate of drug-likeness (QED) is 0.482. The molecule has 0 unspecified atom stereocenters. The molecule has 0 aromatic carbocycles. The Morgan fingerprint density at radius 3 is 2.00 bits per heavy atom. The second-order valence-electron chi connectivity index (χ2n) is 3.09. The molecule has 0 spiro atoms. The Kier molecular flexibility index (Phi) is 11.8. The molecule has 0 saturated carbocycles. The first-order valence-corrected chi connectivity index (χ1v) is 5.43. The van der Waals surface area contributed by atoms with Gasteiger partial charge in [0.15, 0.2) is 0 Å². The van der Waals surface area contributed by atoms with Crippen LogP contribution in [0.1, 0.15) is 6.92 Å². The summed E-state index contributed by atoms with van der Waals surface area (Å²) in [5, 5.41) is 19.0. The molecule has 1 atom stereocenters. The van der Waals surface area contributed by atoms with Crippen LogP contribution in [0.3, 0.4) is 0 Å². The van der Waals surface area contributed by atoms with Gasteiger partial charge in [-0.25, -0.2) is 0 Å². The lowest BCUT2D eigenvalue weighted by Gasteiger charge is -2.08. The van der Waals surface area contributed by atoms with Gasteiger partial charge in [0, 0.05) is 5.75 Å². The molecule has 0 aliphatic heterocycles. The Morgan fingerprint density at radius 2 is 1.94 bits per heavy atom. The van der Waals surface area contributed by atoms with Crippen LogP contribution in [0.4, 0.5) is 0 Å². The van der Waals surface area contributed by atoms with Crippen LogP contribution < -0.4 is 5.32 Å². The maximum atomic E-state index is 10.1. The fraction of sp³-hybridized carbons (Fsp3) is 0.778. The van der Waals surface area contributed by atoms with Gasteiger partial charge in [0.2, 0.25) is 0 Å². The fourth-order valence-corrected chi connectivity index (χ4v) is 0.974. The Morgan fingerprint density at radius 1 is 1.44 bits per heavy atom. The molecule has 0 saturated heterocycles. The zero-order valence-corrected chi connectivity index (χ0v) is 10.7. The number of hydrogen-bond donors (Lipinski definition) is 4. The summed E-state index contributed by atoms with van der Waals surface area (Å²) >= 11 is 3.79. The number of hydrogen-bond acceptors (Lipinski definition) is 5. The minimum Gasteiger partial charge on any atom is -0.480 e. The van der Waals surface area contributed by atoms with Crippen LogP contribution in [0.25, 0.3) is 0 Å². The summed E-state index contributed by atoms with van der Waals surface area (Å²) in [6.07, 6.45) is 0. The van der Waals surface area contributed by atoms with Crippen molar-refractivity contribution in [1.82, 2.24) is 10.2 Å². The number of nitrogens with zero attached hydrogens (tertiary/aromatic N) is 1. The Hall–Kier alpha value is -0.790. The van der Waals surface area contributed by atoms with E-state index in [0.29, 0.717) is 5.75 Å². The van der Waals surface area contributed by atoms with Crippen LogP contribution in [-0.2, 0) is 9.59 Å². The van der Waals surface area contributed by atoms with E-state index in [4.69, 9.17) is 10.2 Å². The molecule has 0 aromatic heterocycles. The molecule has 0 radical (unpaired) electrons. The van der Waals surface area contributed by atoms with E-state index < -0.39 is 18.0 Å². The first-order valence-electron chi connectivity index (χ1n) is 4.80. The number of carboxylic acids is 2. The highest BCUT2D eigenvalue weighted by Crippen LogP contribution is 1.84. The molecule has 0 heterocycles. The zero-order chi connectivity index (χ0) is 13.1. The smallest absolute Gasteiger partial charge is 0.321 e. The van der Waals surface area contributed by atoms with Gasteiger partial charge in [-0.05, 0) is 20.6 Å². The van der Waals surface area contributed by atoms with E-state index in [-0.39, 0.29) is 6.54 Å². The number of likely N-dealkylation sites (N-methyl/N-ethyl adjacent to an activating group) is 2. The van der Waals surface area contributed by atoms with E-state index in [1.807, 2.05) is 6.92 Å². The van der Waals surface area contributed by atoms with Crippen molar-refractivity contribution in [1.29, 1.82) is 0 Å². The largest absolute Gasteiger partial charge is 0.480 e. The minimum absolute atomic E-state index is 0.135. The van der Waals surface area contributed by atoms with Gasteiger partial charge in [0.25, 0.3) is 0 Å². The van der Waals surface area contributed by atoms with Gasteiger partial charge in [0.05, 0.1) is 6.54 Å². The lowest BCUT2D eigenvalue weighted by Crippen LogP contribution is -2.35. The van der Waals surface area contributed by atoms with Crippen molar-refractivity contribution in [3.8, 4) is 0 Å². The second kappa shape index (κ2) is 10.7. The third-order valence-corrected chi connectivity index (χ3v) is 2.14. The molecule has 0 aromatic rings. The predicted octanol–water partition coefficient (Wildman–Crippen LogP) is -0.388. The van der Waals surface area contributed by atoms with Crippen molar-refractivity contribution in [2.24, 2.45) is 0 Å². The second-order valence-corrected chi connectivity index (χ2v) is 3.45. The van der Waals surface area contributed by atoms with E-state index in [0.717, 1.165) is 6.54 Å². The predicted molar refractivity (Wildman–Crippen MR) is 65.1 cm³/mol. The molecule has 0 rings (SSSR count). The van der Waals surface area contributed by atoms with Crippen molar-refractivity contribution in [2.45, 2.75) is 13.0 Å². The molecule has 0 fully saturated rings. The molecule has 0 bridgehead atoms. The van der Waals surface area contributed by atoms with Crippen LogP contribution in [-0.4, -0.2) is 66.0 Å². The van der Waals surface area contributed by atoms with Crippen LogP contribution in [0.2, 0.25) is 0 Å². The average molecular weight is 252 g/mol. The molecular weight excluding hydrogens is 232 g/mol. The third kappa shape index (κ3) is 11.3. The van der Waals surface area contributed by atoms with Crippen LogP contribution >= 0.6 is 12.6 Å². The van der Waals surface area contributed by atoms with Crippen LogP contribution in [0.5, 0.6) is 0 Å². The van der Waals surface area contributed by atoms with Gasteiger partial charge in [-0.3, -0.25) is 14.5 Å². The van der Waals surface area contributed by atoms with Gasteiger partial charge >= 0.3 is 11.9 Å². The highest BCUT2D eigenvalue weighted by molar-refractivity contribution is 7.80. The fourth-order valence-electron chi connectivity index (χ4n) is 0.636. The van der Waals surface area contributed by atoms with Crippen LogP contribution in [0, 0.1) is 0 Å². The third-order valence-electron chi connectivity index (χ3n) is 1.77. The highest BCUT2D eigenvalue weighted by Gasteiger charge is 2.10. The number of thiol groups is 1. The SMILES string of the molecule is CCN(C)CC(=O)O.CN[C@@H](CS)C(=O)O. The Bertz CT molecular complexity index is 210. The van der Waals surface area contributed by atoms with E-state index >= 15 is 0 Å². The number of carboxylic acid groups (broad SMARTS) is 2. The van der Waals surface area contributed by atoms with Crippen molar-refractivity contribution in [3.63, 3.8) is 0 Å². The summed E-state index contributed by atoms with van der Waals surface area (Å²) in [4.78, 5) is 21.7. The van der Waals surface area contributed by atoms with E-state index in [1.54, 1.807) is 19.0 Å². The number of carbonyl (C=O) groups is 2. The van der Waals surface area contributed by atoms with Crippen LogP contribution in [0.15, 0.2) is 0 Å². The van der Waals surface area contributed by atoms with E-state index in [1.165, 1.54) is 0 Å². The monoisotopic (exact) mass is 252 g/mol. The molecule has 6 nitrogen and oxygen atoms in total. The molecule has 0 amide bonds. The van der Waals surface area contributed by atoms with Gasteiger partial charge < -0.3 is 15.5 Å². The van der Waals surface area contributed by atoms with Crippen molar-refractivity contribution < 1.29 is 19.8 Å². The summed E-state index contributed by atoms with van der Waals surface area (Å²) in [6, 6.07) is -0.515. The molecule has 7 heteroatoms. The van der Waals surface area contributed by atoms with Gasteiger partial charge in [-0.2, -0.15) is 12.6 Å². The standard InChI is InChI=1S/C5H11NO2.C4H9NO2S/c1-3-6(2)4-5(7)8;1-5-3(2-8)4(6)7/h3-4H2,1-2H3,(H,7,8);3,5,8H,2H2,1H3,(H,6,7)/t;3-/m.0/s1. The molecule has 96 valence electrons. The first-order chi connectivity index (χ1) is 7.38. The summed E-state index contributed by atoms with van der Waals surface area (Å²) in [6.45, 7) is 2.84. The normalized spacial score (nSPS) is 11.6. The lowest BCUT2D eigenvalue weighted by molar-refractivity contribution is -0.139. The maximum Gasteiger partial charge on any atom is 0.321 e. The Balaban J connectivity index is 0. The van der Waals surface area contributed by atoms with Crippen molar-refractivity contribution >= 4 is 24.6 Å². The summed E-state index contributed by atoms with van der Waals surface area (Å²) in [7, 11) is 3.36. The molecule has 16 heavy (non-hydrogen) atoms. The average Bonchev–Trinajstić information content (AvgIpc) is 2.19. The topological polar surface area (TPSA) is 89.9 Å². The molecule has 3 N–H and O–H groups in total. The van der Waals surface area contributed by atoms with E-state index in [9.17, 15) is 9.59 Å². The molecule has 0 aliphatic carbocycles. The van der Waals surface area contributed by atoms with Gasteiger partial charge in [0.1, 0.15) is 6.04 Å². The maximum absolute atomic E-state index is 10.1. The minimum atomic E-state index is -0.859. The van der Waals surface area contributed by atoms with E-state index in [2.05, 4.69) is 17.9 Å². The summed E-state index contributed by atoms with van der Waals surface area (Å²) < 4.78 is 0. The van der Waals surface area contributed by atoms with Crippen molar-refractivity contribution in [3.05, 3.63) is 0 Å². The first kappa shape index (κ1) is 17.6. The van der Waals surface area contributed by atoms with Crippen molar-refractivity contribution in [2.75, 3.05) is 32.9 Å². The summed E-state index contributed by atoms with van der Waals surface area (Å²) in [5.74, 6) is -1.30. The number of aliphatic carboxylic acids is 2. The molecule has 0 aliphatic rings. The zero-order valence-electron chi connectivity index (χ0n) is 9.80.